The van der Waals surface area contributed by atoms with Crippen molar-refractivity contribution in [3.05, 3.63) is 78.6 Å². The van der Waals surface area contributed by atoms with Crippen LogP contribution in [-0.4, -0.2) is 36.5 Å². The van der Waals surface area contributed by atoms with Crippen LogP contribution in [0.5, 0.6) is 0 Å². The van der Waals surface area contributed by atoms with E-state index in [4.69, 9.17) is 0 Å². The Kier molecular flexibility index (Phi) is 5.76. The van der Waals surface area contributed by atoms with E-state index in [1.54, 1.807) is 12.4 Å². The Balaban J connectivity index is 0.000000339. The summed E-state index contributed by atoms with van der Waals surface area (Å²) < 4.78 is 61.1. The first-order valence-corrected chi connectivity index (χ1v) is 10.9. The van der Waals surface area contributed by atoms with E-state index in [-0.39, 0.29) is 0 Å². The summed E-state index contributed by atoms with van der Waals surface area (Å²) in [6.07, 6.45) is 9.64. The van der Waals surface area contributed by atoms with Gasteiger partial charge in [-0.2, -0.15) is 9.97 Å². The van der Waals surface area contributed by atoms with Crippen molar-refractivity contribution in [2.45, 2.75) is 13.1 Å². The standard InChI is InChI=1S/C17H17N7.F6P/c1-2-5-15(6-3-1)11-24-13-16(20-21-24)12-22-9-10-23(14-22)17-18-7-4-8-19-17;1-7(2,3,4,5)6/h1-10,13H,11-12,14H2;/q;-1/p+1. The molecule has 1 unspecified atom stereocenters. The molecule has 7 nitrogen and oxygen atoms in total. The zero-order valence-corrected chi connectivity index (χ0v) is 16.8. The van der Waals surface area contributed by atoms with Crippen LogP contribution in [0.1, 0.15) is 11.3 Å². The maximum atomic E-state index is 9.87. The molecule has 0 amide bonds. The maximum absolute atomic E-state index is 10.7. The summed E-state index contributed by atoms with van der Waals surface area (Å²) >= 11 is 0. The molecule has 2 aromatic heterocycles. The second-order valence-electron chi connectivity index (χ2n) is 6.67. The van der Waals surface area contributed by atoms with Crippen molar-refractivity contribution in [2.24, 2.45) is 0 Å². The fourth-order valence-electron chi connectivity index (χ4n) is 2.71. The number of aromatic nitrogens is 5. The predicted molar refractivity (Wildman–Crippen MR) is 101 cm³/mol. The number of quaternary nitrogens is 1. The van der Waals surface area contributed by atoms with Gasteiger partial charge in [-0.1, -0.05) is 35.5 Å². The number of halogens is 6. The minimum atomic E-state index is -10.7. The summed E-state index contributed by atoms with van der Waals surface area (Å²) in [5.74, 6) is 0.781. The molecule has 1 atom stereocenters. The third kappa shape index (κ3) is 9.09. The van der Waals surface area contributed by atoms with Gasteiger partial charge in [0.25, 0.3) is 0 Å². The number of hydrogen-bond donors (Lipinski definition) is 1. The van der Waals surface area contributed by atoms with E-state index in [0.29, 0.717) is 0 Å². The van der Waals surface area contributed by atoms with Crippen LogP contribution in [0.3, 0.4) is 0 Å². The average molecular weight is 465 g/mol. The second kappa shape index (κ2) is 7.89. The van der Waals surface area contributed by atoms with Crippen LogP contribution in [0.15, 0.2) is 67.4 Å². The molecule has 0 saturated heterocycles. The Morgan fingerprint density at radius 3 is 2.19 bits per heavy atom. The first kappa shape index (κ1) is 22.6. The van der Waals surface area contributed by atoms with Gasteiger partial charge in [-0.3, -0.25) is 0 Å². The number of nitrogens with zero attached hydrogens (tertiary/aromatic N) is 6. The first-order valence-electron chi connectivity index (χ1n) is 8.87. The summed E-state index contributed by atoms with van der Waals surface area (Å²) in [4.78, 5) is 11.9. The first-order chi connectivity index (χ1) is 14.3. The molecule has 1 N–H and O–H groups in total. The summed E-state index contributed by atoms with van der Waals surface area (Å²) in [5.41, 5.74) is 2.16. The van der Waals surface area contributed by atoms with Gasteiger partial charge in [0.2, 0.25) is 0 Å². The monoisotopic (exact) mass is 465 g/mol. The molecule has 4 rings (SSSR count). The normalized spacial score (nSPS) is 18.1. The van der Waals surface area contributed by atoms with Crippen molar-refractivity contribution in [1.29, 1.82) is 0 Å². The molecule has 0 radical (unpaired) electrons. The Labute approximate surface area is 172 Å². The number of rotatable bonds is 5. The van der Waals surface area contributed by atoms with Crippen molar-refractivity contribution in [2.75, 3.05) is 6.67 Å². The molecular weight excluding hydrogens is 447 g/mol. The Hall–Kier alpha value is -3.05. The van der Waals surface area contributed by atoms with Crippen LogP contribution in [0.25, 0.3) is 0 Å². The van der Waals surface area contributed by atoms with E-state index in [0.717, 1.165) is 36.3 Å². The Morgan fingerprint density at radius 1 is 0.903 bits per heavy atom. The molecule has 0 fully saturated rings. The number of hydrogen-bond acceptors (Lipinski definition) is 5. The van der Waals surface area contributed by atoms with Crippen LogP contribution >= 0.6 is 7.81 Å². The van der Waals surface area contributed by atoms with Gasteiger partial charge in [-0.15, -0.1) is 5.10 Å². The molecule has 14 heteroatoms. The molecule has 1 aromatic carbocycles. The van der Waals surface area contributed by atoms with E-state index in [1.807, 2.05) is 35.1 Å². The summed E-state index contributed by atoms with van der Waals surface area (Å²) in [6, 6.07) is 12.1. The van der Waals surface area contributed by atoms with Crippen molar-refractivity contribution in [3.63, 3.8) is 0 Å². The molecule has 3 heterocycles. The van der Waals surface area contributed by atoms with E-state index in [2.05, 4.69) is 49.7 Å². The van der Waals surface area contributed by atoms with Crippen molar-refractivity contribution < 1.29 is 30.1 Å². The van der Waals surface area contributed by atoms with Gasteiger partial charge >= 0.3 is 38.9 Å². The predicted octanol–water partition coefficient (Wildman–Crippen LogP) is 3.96. The van der Waals surface area contributed by atoms with Crippen LogP contribution in [-0.2, 0) is 13.1 Å². The number of benzene rings is 1. The SMILES string of the molecule is C1=C[NH+](c2ncccn2)CN1Cc1cn(Cc2ccccc2)nn1.F[P-](F)(F)(F)(F)F. The fourth-order valence-corrected chi connectivity index (χ4v) is 2.71. The molecule has 0 aliphatic carbocycles. The molecular formula is C17H18F6N7P. The van der Waals surface area contributed by atoms with Crippen molar-refractivity contribution in [3.8, 4) is 0 Å². The van der Waals surface area contributed by atoms with Gasteiger partial charge in [-0.05, 0) is 11.6 Å². The zero-order valence-electron chi connectivity index (χ0n) is 15.9. The van der Waals surface area contributed by atoms with E-state index in [9.17, 15) is 25.2 Å². The molecule has 1 aliphatic heterocycles. The van der Waals surface area contributed by atoms with Crippen LogP contribution < -0.4 is 4.90 Å². The topological polar surface area (TPSA) is 64.2 Å². The summed E-state index contributed by atoms with van der Waals surface area (Å²) in [7, 11) is -10.7. The van der Waals surface area contributed by atoms with Gasteiger partial charge in [0.15, 0.2) is 6.67 Å². The average Bonchev–Trinajstić information content (AvgIpc) is 3.31. The van der Waals surface area contributed by atoms with Gasteiger partial charge in [0, 0.05) is 12.4 Å². The van der Waals surface area contributed by atoms with Gasteiger partial charge in [0.1, 0.15) is 11.9 Å². The quantitative estimate of drug-likeness (QED) is 0.457. The Morgan fingerprint density at radius 2 is 1.55 bits per heavy atom. The van der Waals surface area contributed by atoms with Crippen LogP contribution in [0.2, 0.25) is 0 Å². The van der Waals surface area contributed by atoms with E-state index < -0.39 is 7.81 Å². The van der Waals surface area contributed by atoms with E-state index >= 15 is 0 Å². The van der Waals surface area contributed by atoms with E-state index in [1.165, 1.54) is 5.56 Å². The Bertz CT molecular complexity index is 1010. The summed E-state index contributed by atoms with van der Waals surface area (Å²) in [5, 5.41) is 8.49. The third-order valence-corrected chi connectivity index (χ3v) is 3.85. The van der Waals surface area contributed by atoms with Crippen LogP contribution in [0.4, 0.5) is 31.1 Å². The minimum absolute atomic E-state index is 0.724. The second-order valence-corrected chi connectivity index (χ2v) is 8.59. The molecule has 1 aliphatic rings. The van der Waals surface area contributed by atoms with Gasteiger partial charge in [-0.25, -0.2) is 9.58 Å². The van der Waals surface area contributed by atoms with Gasteiger partial charge < -0.3 is 4.90 Å². The molecule has 168 valence electrons. The van der Waals surface area contributed by atoms with Crippen molar-refractivity contribution in [1.82, 2.24) is 29.9 Å². The zero-order chi connectivity index (χ0) is 22.6. The molecule has 0 saturated carbocycles. The summed E-state index contributed by atoms with van der Waals surface area (Å²) in [6.45, 7) is 2.25. The van der Waals surface area contributed by atoms with Gasteiger partial charge in [0.05, 0.1) is 25.5 Å². The molecule has 3 aromatic rings. The molecule has 0 spiro atoms. The van der Waals surface area contributed by atoms with Crippen molar-refractivity contribution >= 4 is 13.8 Å². The van der Waals surface area contributed by atoms with Crippen LogP contribution in [0, 0.1) is 0 Å². The third-order valence-electron chi connectivity index (χ3n) is 3.85. The molecule has 0 bridgehead atoms. The fraction of sp³-hybridized carbons (Fsp3) is 0.176. The molecule has 31 heavy (non-hydrogen) atoms. The number of nitrogens with one attached hydrogen (secondary N) is 1.